The predicted molar refractivity (Wildman–Crippen MR) is 44.1 cm³/mol. The average Bonchev–Trinajstić information content (AvgIpc) is 2.59. The molecule has 0 bridgehead atoms. The Balaban J connectivity index is 2.55. The first-order valence-electron chi connectivity index (χ1n) is 4.87. The Hall–Kier alpha value is -1.30. The summed E-state index contributed by atoms with van der Waals surface area (Å²) in [6, 6.07) is 0. The molecule has 1 fully saturated rings. The largest absolute Gasteiger partial charge is 0.525 e. The van der Waals surface area contributed by atoms with Crippen molar-refractivity contribution in [3.8, 4) is 0 Å². The second-order valence-corrected chi connectivity index (χ2v) is 3.59. The molecule has 1 saturated heterocycles. The first-order chi connectivity index (χ1) is 8.93. The van der Waals surface area contributed by atoms with Gasteiger partial charge in [0.1, 0.15) is 13.2 Å². The van der Waals surface area contributed by atoms with Crippen LogP contribution in [0.4, 0.5) is 35.5 Å². The SMILES string of the molecule is O=C1OCC(COCC(F)(OC(F)(F)F)C(F)(F)F)O1. The molecule has 20 heavy (non-hydrogen) atoms. The Bertz CT molecular complexity index is 354. The summed E-state index contributed by atoms with van der Waals surface area (Å²) < 4.78 is 100. The van der Waals surface area contributed by atoms with Crippen molar-refractivity contribution in [3.63, 3.8) is 0 Å². The summed E-state index contributed by atoms with van der Waals surface area (Å²) in [6.45, 7) is -3.23. The van der Waals surface area contributed by atoms with E-state index in [1.165, 1.54) is 0 Å². The second-order valence-electron chi connectivity index (χ2n) is 3.59. The summed E-state index contributed by atoms with van der Waals surface area (Å²) in [5.41, 5.74) is 0. The lowest BCUT2D eigenvalue weighted by molar-refractivity contribution is -0.454. The van der Waals surface area contributed by atoms with Gasteiger partial charge in [0, 0.05) is 0 Å². The minimum atomic E-state index is -5.97. The molecule has 2 unspecified atom stereocenters. The van der Waals surface area contributed by atoms with Crippen molar-refractivity contribution in [2.75, 3.05) is 19.8 Å². The van der Waals surface area contributed by atoms with E-state index in [-0.39, 0.29) is 6.61 Å². The molecule has 1 aliphatic rings. The number of rotatable bonds is 5. The smallest absolute Gasteiger partial charge is 0.430 e. The molecule has 0 aromatic rings. The summed E-state index contributed by atoms with van der Waals surface area (Å²) in [4.78, 5) is 10.4. The molecule has 1 aliphatic heterocycles. The van der Waals surface area contributed by atoms with Gasteiger partial charge in [0.2, 0.25) is 0 Å². The Morgan fingerprint density at radius 1 is 1.15 bits per heavy atom. The fourth-order valence-electron chi connectivity index (χ4n) is 1.12. The zero-order chi connectivity index (χ0) is 15.6. The van der Waals surface area contributed by atoms with E-state index in [1.54, 1.807) is 0 Å². The van der Waals surface area contributed by atoms with E-state index < -0.39 is 43.9 Å². The van der Waals surface area contributed by atoms with Crippen LogP contribution < -0.4 is 0 Å². The fraction of sp³-hybridized carbons (Fsp3) is 0.875. The Kier molecular flexibility index (Phi) is 4.69. The van der Waals surface area contributed by atoms with Crippen molar-refractivity contribution < 1.29 is 54.5 Å². The van der Waals surface area contributed by atoms with Gasteiger partial charge < -0.3 is 14.2 Å². The maximum Gasteiger partial charge on any atom is 0.525 e. The maximum atomic E-state index is 13.2. The first kappa shape index (κ1) is 16.8. The van der Waals surface area contributed by atoms with Crippen LogP contribution in [0, 0.1) is 0 Å². The van der Waals surface area contributed by atoms with Crippen LogP contribution >= 0.6 is 0 Å². The van der Waals surface area contributed by atoms with Crippen molar-refractivity contribution in [1.82, 2.24) is 0 Å². The first-order valence-corrected chi connectivity index (χ1v) is 4.87. The van der Waals surface area contributed by atoms with Crippen molar-refractivity contribution in [3.05, 3.63) is 0 Å². The molecule has 0 amide bonds. The molecule has 0 spiro atoms. The van der Waals surface area contributed by atoms with E-state index in [4.69, 9.17) is 0 Å². The summed E-state index contributed by atoms with van der Waals surface area (Å²) in [5.74, 6) is -5.06. The van der Waals surface area contributed by atoms with Gasteiger partial charge in [-0.25, -0.2) is 9.53 Å². The third-order valence-electron chi connectivity index (χ3n) is 1.94. The molecule has 118 valence electrons. The highest BCUT2D eigenvalue weighted by molar-refractivity contribution is 5.61. The fourth-order valence-corrected chi connectivity index (χ4v) is 1.12. The molecule has 0 N–H and O–H groups in total. The molecule has 2 atom stereocenters. The number of hydrogen-bond donors (Lipinski definition) is 0. The molecule has 5 nitrogen and oxygen atoms in total. The van der Waals surface area contributed by atoms with E-state index in [0.29, 0.717) is 0 Å². The van der Waals surface area contributed by atoms with Gasteiger partial charge >= 0.3 is 24.5 Å². The average molecular weight is 316 g/mol. The second kappa shape index (κ2) is 5.60. The van der Waals surface area contributed by atoms with E-state index >= 15 is 0 Å². The molecular formula is C8H7F7O5. The summed E-state index contributed by atoms with van der Waals surface area (Å²) in [7, 11) is 0. The van der Waals surface area contributed by atoms with Crippen LogP contribution in [0.25, 0.3) is 0 Å². The van der Waals surface area contributed by atoms with Gasteiger partial charge in [0.15, 0.2) is 6.10 Å². The Morgan fingerprint density at radius 2 is 1.75 bits per heavy atom. The van der Waals surface area contributed by atoms with Crippen LogP contribution in [0.15, 0.2) is 0 Å². The lowest BCUT2D eigenvalue weighted by Gasteiger charge is -2.28. The number of carbonyl (C=O) groups excluding carboxylic acids is 1. The molecule has 0 radical (unpaired) electrons. The van der Waals surface area contributed by atoms with Gasteiger partial charge in [0.05, 0.1) is 6.61 Å². The van der Waals surface area contributed by atoms with E-state index in [2.05, 4.69) is 18.9 Å². The highest BCUT2D eigenvalue weighted by Gasteiger charge is 2.63. The summed E-state index contributed by atoms with van der Waals surface area (Å²) >= 11 is 0. The molecule has 1 rings (SSSR count). The van der Waals surface area contributed by atoms with Crippen LogP contribution in [-0.4, -0.2) is 50.5 Å². The lowest BCUT2D eigenvalue weighted by Crippen LogP contribution is -2.51. The topological polar surface area (TPSA) is 54.0 Å². The number of ether oxygens (including phenoxy) is 4. The van der Waals surface area contributed by atoms with E-state index in [9.17, 15) is 35.5 Å². The van der Waals surface area contributed by atoms with Gasteiger partial charge in [-0.2, -0.15) is 17.6 Å². The van der Waals surface area contributed by atoms with Gasteiger partial charge in [-0.3, -0.25) is 0 Å². The highest BCUT2D eigenvalue weighted by atomic mass is 19.4. The predicted octanol–water partition coefficient (Wildman–Crippen LogP) is 2.30. The van der Waals surface area contributed by atoms with Crippen LogP contribution in [0.3, 0.4) is 0 Å². The summed E-state index contributed by atoms with van der Waals surface area (Å²) in [5, 5.41) is 0. The van der Waals surface area contributed by atoms with Crippen molar-refractivity contribution >= 4 is 6.16 Å². The van der Waals surface area contributed by atoms with Crippen LogP contribution in [0.1, 0.15) is 0 Å². The number of alkyl halides is 7. The lowest BCUT2D eigenvalue weighted by atomic mass is 10.3. The van der Waals surface area contributed by atoms with Gasteiger partial charge in [0.25, 0.3) is 0 Å². The van der Waals surface area contributed by atoms with Crippen molar-refractivity contribution in [2.45, 2.75) is 24.5 Å². The number of carbonyl (C=O) groups is 1. The minimum Gasteiger partial charge on any atom is -0.430 e. The van der Waals surface area contributed by atoms with Crippen LogP contribution in [-0.2, 0) is 18.9 Å². The van der Waals surface area contributed by atoms with Gasteiger partial charge in [-0.1, -0.05) is 0 Å². The van der Waals surface area contributed by atoms with E-state index in [0.717, 1.165) is 0 Å². The van der Waals surface area contributed by atoms with Gasteiger partial charge in [-0.15, -0.1) is 13.2 Å². The van der Waals surface area contributed by atoms with Crippen LogP contribution in [0.5, 0.6) is 0 Å². The Morgan fingerprint density at radius 3 is 2.15 bits per heavy atom. The van der Waals surface area contributed by atoms with Crippen molar-refractivity contribution in [2.24, 2.45) is 0 Å². The highest BCUT2D eigenvalue weighted by Crippen LogP contribution is 2.39. The molecule has 0 aromatic carbocycles. The molecule has 0 saturated carbocycles. The zero-order valence-electron chi connectivity index (χ0n) is 9.39. The van der Waals surface area contributed by atoms with Crippen LogP contribution in [0.2, 0.25) is 0 Å². The zero-order valence-corrected chi connectivity index (χ0v) is 9.39. The number of cyclic esters (lactones) is 2. The third kappa shape index (κ3) is 4.67. The molecule has 0 aromatic heterocycles. The Labute approximate surface area is 106 Å². The summed E-state index contributed by atoms with van der Waals surface area (Å²) in [6.07, 6.45) is -14.1. The van der Waals surface area contributed by atoms with Crippen molar-refractivity contribution in [1.29, 1.82) is 0 Å². The quantitative estimate of drug-likeness (QED) is 0.575. The molecule has 12 heteroatoms. The molecular weight excluding hydrogens is 309 g/mol. The van der Waals surface area contributed by atoms with E-state index in [1.807, 2.05) is 0 Å². The normalized spacial score (nSPS) is 23.1. The molecule has 1 heterocycles. The minimum absolute atomic E-state index is 0.371. The number of hydrogen-bond acceptors (Lipinski definition) is 5. The molecule has 0 aliphatic carbocycles. The van der Waals surface area contributed by atoms with Gasteiger partial charge in [-0.05, 0) is 0 Å². The monoisotopic (exact) mass is 316 g/mol. The maximum absolute atomic E-state index is 13.2. The third-order valence-corrected chi connectivity index (χ3v) is 1.94. The standard InChI is InChI=1S/C8H7F7O5/c9-6(7(10,11)12,20-8(13,14)15)3-17-1-4-2-18-5(16)19-4/h4H,1-3H2. The number of halogens is 7.